The molecule has 2 amide bonds. The number of likely N-dealkylation sites (N-methyl/N-ethyl adjacent to an activating group) is 1. The molecule has 2 aromatic carbocycles. The second-order valence-electron chi connectivity index (χ2n) is 6.36. The van der Waals surface area contributed by atoms with E-state index in [-0.39, 0.29) is 11.8 Å². The van der Waals surface area contributed by atoms with Crippen molar-refractivity contribution < 1.29 is 9.59 Å². The van der Waals surface area contributed by atoms with Crippen LogP contribution in [0, 0.1) is 0 Å². The molecule has 0 saturated heterocycles. The molecule has 0 fully saturated rings. The number of carbonyl (C=O) groups excluding carboxylic acids is 2. The molecule has 0 saturated carbocycles. The van der Waals surface area contributed by atoms with Crippen molar-refractivity contribution in [2.75, 3.05) is 6.54 Å². The molecule has 0 bridgehead atoms. The molecular formula is C22H28N2O2. The monoisotopic (exact) mass is 352 g/mol. The van der Waals surface area contributed by atoms with E-state index in [1.807, 2.05) is 74.5 Å². The average Bonchev–Trinajstić information content (AvgIpc) is 2.66. The first-order valence-corrected chi connectivity index (χ1v) is 9.30. The Morgan fingerprint density at radius 1 is 0.923 bits per heavy atom. The van der Waals surface area contributed by atoms with Crippen molar-refractivity contribution in [3.8, 4) is 0 Å². The summed E-state index contributed by atoms with van der Waals surface area (Å²) in [6.07, 6.45) is 1.71. The van der Waals surface area contributed by atoms with E-state index >= 15 is 0 Å². The van der Waals surface area contributed by atoms with Crippen LogP contribution in [0.2, 0.25) is 0 Å². The number of nitrogens with zero attached hydrogens (tertiary/aromatic N) is 1. The van der Waals surface area contributed by atoms with Gasteiger partial charge in [-0.3, -0.25) is 9.59 Å². The lowest BCUT2D eigenvalue weighted by atomic mass is 10.0. The number of benzene rings is 2. The van der Waals surface area contributed by atoms with Crippen LogP contribution in [0.3, 0.4) is 0 Å². The number of amides is 2. The summed E-state index contributed by atoms with van der Waals surface area (Å²) in [4.78, 5) is 27.3. The lowest BCUT2D eigenvalue weighted by molar-refractivity contribution is -0.141. The average molecular weight is 352 g/mol. The van der Waals surface area contributed by atoms with Crippen LogP contribution >= 0.6 is 0 Å². The molecular weight excluding hydrogens is 324 g/mol. The molecule has 2 rings (SSSR count). The summed E-state index contributed by atoms with van der Waals surface area (Å²) in [5.41, 5.74) is 2.07. The summed E-state index contributed by atoms with van der Waals surface area (Å²) in [5.74, 6) is -0.0831. The van der Waals surface area contributed by atoms with Crippen molar-refractivity contribution in [2.24, 2.45) is 0 Å². The molecule has 1 N–H and O–H groups in total. The highest BCUT2D eigenvalue weighted by Gasteiger charge is 2.29. The summed E-state index contributed by atoms with van der Waals surface area (Å²) in [6, 6.07) is 19.2. The van der Waals surface area contributed by atoms with Crippen molar-refractivity contribution in [3.05, 3.63) is 71.8 Å². The normalized spacial score (nSPS) is 11.6. The first-order valence-electron chi connectivity index (χ1n) is 9.30. The van der Waals surface area contributed by atoms with Crippen LogP contribution in [0.5, 0.6) is 0 Å². The van der Waals surface area contributed by atoms with Crippen LogP contribution in [0.1, 0.15) is 37.8 Å². The minimum atomic E-state index is -0.517. The maximum Gasteiger partial charge on any atom is 0.243 e. The number of hydrogen-bond donors (Lipinski definition) is 1. The van der Waals surface area contributed by atoms with Gasteiger partial charge in [-0.25, -0.2) is 0 Å². The maximum atomic E-state index is 12.8. The second-order valence-corrected chi connectivity index (χ2v) is 6.36. The zero-order chi connectivity index (χ0) is 18.8. The predicted octanol–water partition coefficient (Wildman–Crippen LogP) is 3.56. The van der Waals surface area contributed by atoms with Gasteiger partial charge >= 0.3 is 0 Å². The lowest BCUT2D eigenvalue weighted by Crippen LogP contribution is -2.50. The minimum Gasteiger partial charge on any atom is -0.355 e. The van der Waals surface area contributed by atoms with Crippen LogP contribution in [-0.2, 0) is 22.6 Å². The maximum absolute atomic E-state index is 12.8. The molecule has 0 radical (unpaired) electrons. The van der Waals surface area contributed by atoms with Crippen LogP contribution in [0.25, 0.3) is 0 Å². The van der Waals surface area contributed by atoms with E-state index in [2.05, 4.69) is 5.32 Å². The molecule has 0 unspecified atom stereocenters. The zero-order valence-electron chi connectivity index (χ0n) is 15.7. The topological polar surface area (TPSA) is 49.4 Å². The van der Waals surface area contributed by atoms with E-state index in [0.29, 0.717) is 25.9 Å². The summed E-state index contributed by atoms with van der Waals surface area (Å²) in [6.45, 7) is 4.86. The molecule has 2 aromatic rings. The Morgan fingerprint density at radius 2 is 1.50 bits per heavy atom. The largest absolute Gasteiger partial charge is 0.355 e. The molecule has 0 aromatic heterocycles. The van der Waals surface area contributed by atoms with E-state index in [9.17, 15) is 9.59 Å². The molecule has 138 valence electrons. The summed E-state index contributed by atoms with van der Waals surface area (Å²) in [7, 11) is 0. The Morgan fingerprint density at radius 3 is 2.04 bits per heavy atom. The summed E-state index contributed by atoms with van der Waals surface area (Å²) in [5, 5.41) is 2.90. The fourth-order valence-corrected chi connectivity index (χ4v) is 2.98. The van der Waals surface area contributed by atoms with Crippen LogP contribution < -0.4 is 5.32 Å². The van der Waals surface area contributed by atoms with Crippen molar-refractivity contribution in [1.82, 2.24) is 10.2 Å². The van der Waals surface area contributed by atoms with Gasteiger partial charge in [0.2, 0.25) is 11.8 Å². The van der Waals surface area contributed by atoms with Gasteiger partial charge in [-0.2, -0.15) is 0 Å². The third-order valence-corrected chi connectivity index (χ3v) is 4.28. The molecule has 0 heterocycles. The number of nitrogens with one attached hydrogen (secondary N) is 1. The lowest BCUT2D eigenvalue weighted by Gasteiger charge is -2.31. The summed E-state index contributed by atoms with van der Waals surface area (Å²) >= 11 is 0. The zero-order valence-corrected chi connectivity index (χ0v) is 15.7. The molecule has 4 nitrogen and oxygen atoms in total. The van der Waals surface area contributed by atoms with E-state index in [0.717, 1.165) is 17.5 Å². The number of rotatable bonds is 9. The molecule has 0 aliphatic carbocycles. The molecule has 0 spiro atoms. The highest BCUT2D eigenvalue weighted by atomic mass is 16.2. The standard InChI is InChI=1S/C22H28N2O2/c1-3-11-21(25)24(17-19-14-9-6-10-15-19)20(22(26)23-4-2)16-18-12-7-5-8-13-18/h5-10,12-15,20H,3-4,11,16-17H2,1-2H3,(H,23,26)/t20-/m1/s1. The molecule has 1 atom stereocenters. The highest BCUT2D eigenvalue weighted by Crippen LogP contribution is 2.16. The quantitative estimate of drug-likeness (QED) is 0.750. The van der Waals surface area contributed by atoms with Crippen LogP contribution in [-0.4, -0.2) is 29.3 Å². The third-order valence-electron chi connectivity index (χ3n) is 4.28. The fourth-order valence-electron chi connectivity index (χ4n) is 2.98. The first-order chi connectivity index (χ1) is 12.7. The van der Waals surface area contributed by atoms with Gasteiger partial charge in [0.25, 0.3) is 0 Å². The highest BCUT2D eigenvalue weighted by molar-refractivity contribution is 5.88. The van der Waals surface area contributed by atoms with Gasteiger partial charge in [0.15, 0.2) is 0 Å². The van der Waals surface area contributed by atoms with E-state index in [4.69, 9.17) is 0 Å². The first kappa shape index (κ1) is 19.7. The molecule has 0 aliphatic heterocycles. The Labute approximate surface area is 156 Å². The number of carbonyl (C=O) groups is 2. The van der Waals surface area contributed by atoms with Crippen molar-refractivity contribution in [3.63, 3.8) is 0 Å². The van der Waals surface area contributed by atoms with E-state index in [1.165, 1.54) is 0 Å². The van der Waals surface area contributed by atoms with Crippen molar-refractivity contribution in [2.45, 2.75) is 45.7 Å². The Kier molecular flexibility index (Phi) is 7.87. The van der Waals surface area contributed by atoms with Crippen LogP contribution in [0.4, 0.5) is 0 Å². The smallest absolute Gasteiger partial charge is 0.243 e. The van der Waals surface area contributed by atoms with Gasteiger partial charge in [-0.15, -0.1) is 0 Å². The van der Waals surface area contributed by atoms with Gasteiger partial charge in [0.1, 0.15) is 6.04 Å². The number of hydrogen-bond acceptors (Lipinski definition) is 2. The third kappa shape index (κ3) is 5.73. The Balaban J connectivity index is 2.31. The van der Waals surface area contributed by atoms with Gasteiger partial charge in [-0.1, -0.05) is 67.6 Å². The minimum absolute atomic E-state index is 0.0172. The molecule has 0 aliphatic rings. The predicted molar refractivity (Wildman–Crippen MR) is 105 cm³/mol. The van der Waals surface area contributed by atoms with Gasteiger partial charge in [0.05, 0.1) is 0 Å². The van der Waals surface area contributed by atoms with E-state index < -0.39 is 6.04 Å². The molecule has 26 heavy (non-hydrogen) atoms. The van der Waals surface area contributed by atoms with Gasteiger partial charge in [0, 0.05) is 25.9 Å². The fraction of sp³-hybridized carbons (Fsp3) is 0.364. The Hall–Kier alpha value is -2.62. The molecule has 4 heteroatoms. The van der Waals surface area contributed by atoms with Gasteiger partial charge in [-0.05, 0) is 24.5 Å². The van der Waals surface area contributed by atoms with Gasteiger partial charge < -0.3 is 10.2 Å². The van der Waals surface area contributed by atoms with Crippen LogP contribution in [0.15, 0.2) is 60.7 Å². The van der Waals surface area contributed by atoms with Crippen molar-refractivity contribution >= 4 is 11.8 Å². The van der Waals surface area contributed by atoms with Crippen molar-refractivity contribution in [1.29, 1.82) is 0 Å². The Bertz CT molecular complexity index is 624. The SMILES string of the molecule is CCCC(=O)N(Cc1ccccc1)[C@H](Cc1ccccc1)C(=O)NCC. The summed E-state index contributed by atoms with van der Waals surface area (Å²) < 4.78 is 0. The van der Waals surface area contributed by atoms with E-state index in [1.54, 1.807) is 4.90 Å². The second kappa shape index (κ2) is 10.4.